The van der Waals surface area contributed by atoms with Crippen LogP contribution in [0.4, 0.5) is 0 Å². The van der Waals surface area contributed by atoms with Gasteiger partial charge in [0.2, 0.25) is 0 Å². The fourth-order valence-corrected chi connectivity index (χ4v) is 3.34. The molecule has 0 amide bonds. The lowest BCUT2D eigenvalue weighted by Gasteiger charge is -2.37. The van der Waals surface area contributed by atoms with Crippen molar-refractivity contribution in [2.45, 2.75) is 44.5 Å². The zero-order valence-electron chi connectivity index (χ0n) is 9.97. The van der Waals surface area contributed by atoms with Crippen molar-refractivity contribution in [2.75, 3.05) is 13.2 Å². The molecule has 0 radical (unpaired) electrons. The minimum atomic E-state index is -0.828. The quantitative estimate of drug-likeness (QED) is 0.645. The highest BCUT2D eigenvalue weighted by Crippen LogP contribution is 2.51. The molecule has 0 unspecified atom stereocenters. The minimum absolute atomic E-state index is 0.142. The highest BCUT2D eigenvalue weighted by molar-refractivity contribution is 5.03. The summed E-state index contributed by atoms with van der Waals surface area (Å²) in [5.41, 5.74) is -0.197. The Morgan fingerprint density at radius 2 is 2.12 bits per heavy atom. The van der Waals surface area contributed by atoms with Crippen LogP contribution in [0.1, 0.15) is 26.7 Å². The lowest BCUT2D eigenvalue weighted by atomic mass is 9.68. The van der Waals surface area contributed by atoms with Gasteiger partial charge in [0.1, 0.15) is 6.10 Å². The third kappa shape index (κ3) is 1.78. The normalized spacial score (nSPS) is 49.3. The van der Waals surface area contributed by atoms with Gasteiger partial charge in [-0.1, -0.05) is 6.92 Å². The molecule has 1 heterocycles. The summed E-state index contributed by atoms with van der Waals surface area (Å²) < 4.78 is 5.95. The molecule has 1 saturated carbocycles. The second kappa shape index (κ2) is 4.26. The summed E-state index contributed by atoms with van der Waals surface area (Å²) in [6, 6.07) is 0. The largest absolute Gasteiger partial charge is 0.396 e. The molecular formula is C12H22O4. The maximum absolute atomic E-state index is 9.76. The number of rotatable bonds is 3. The molecule has 0 aromatic rings. The Kier molecular flexibility index (Phi) is 3.27. The number of aliphatic hydroxyl groups is 3. The lowest BCUT2D eigenvalue weighted by molar-refractivity contribution is -0.109. The summed E-state index contributed by atoms with van der Waals surface area (Å²) in [4.78, 5) is 0. The summed E-state index contributed by atoms with van der Waals surface area (Å²) in [7, 11) is 0. The average Bonchev–Trinajstić information content (AvgIpc) is 2.59. The van der Waals surface area contributed by atoms with Gasteiger partial charge in [-0.2, -0.15) is 0 Å². The van der Waals surface area contributed by atoms with E-state index in [2.05, 4.69) is 13.8 Å². The van der Waals surface area contributed by atoms with Crippen molar-refractivity contribution in [1.82, 2.24) is 0 Å². The maximum atomic E-state index is 9.76. The molecule has 2 rings (SSSR count). The van der Waals surface area contributed by atoms with E-state index in [4.69, 9.17) is 9.84 Å². The Labute approximate surface area is 96.2 Å². The van der Waals surface area contributed by atoms with Gasteiger partial charge in [0.15, 0.2) is 0 Å². The van der Waals surface area contributed by atoms with Gasteiger partial charge >= 0.3 is 0 Å². The zero-order valence-corrected chi connectivity index (χ0v) is 9.97. The second-order valence-electron chi connectivity index (χ2n) is 5.59. The zero-order chi connectivity index (χ0) is 11.9. The molecule has 0 aromatic carbocycles. The van der Waals surface area contributed by atoms with E-state index in [-0.39, 0.29) is 36.8 Å². The van der Waals surface area contributed by atoms with Crippen LogP contribution in [0.3, 0.4) is 0 Å². The summed E-state index contributed by atoms with van der Waals surface area (Å²) >= 11 is 0. The molecule has 4 nitrogen and oxygen atoms in total. The molecule has 2 bridgehead atoms. The highest BCUT2D eigenvalue weighted by Gasteiger charge is 2.55. The Morgan fingerprint density at radius 3 is 2.69 bits per heavy atom. The van der Waals surface area contributed by atoms with Crippen LogP contribution in [0.25, 0.3) is 0 Å². The van der Waals surface area contributed by atoms with Gasteiger partial charge in [0.05, 0.1) is 18.3 Å². The van der Waals surface area contributed by atoms with E-state index < -0.39 is 6.10 Å². The molecule has 3 N–H and O–H groups in total. The van der Waals surface area contributed by atoms with Crippen LogP contribution in [0, 0.1) is 17.8 Å². The molecule has 1 aliphatic carbocycles. The summed E-state index contributed by atoms with van der Waals surface area (Å²) in [5.74, 6) is 0.752. The van der Waals surface area contributed by atoms with Crippen LogP contribution in [0.5, 0.6) is 0 Å². The fraction of sp³-hybridized carbons (Fsp3) is 1.00. The first kappa shape index (κ1) is 12.3. The van der Waals surface area contributed by atoms with Gasteiger partial charge in [0, 0.05) is 6.61 Å². The van der Waals surface area contributed by atoms with Crippen LogP contribution in [0.15, 0.2) is 0 Å². The van der Waals surface area contributed by atoms with Crippen LogP contribution >= 0.6 is 0 Å². The van der Waals surface area contributed by atoms with Crippen molar-refractivity contribution in [1.29, 1.82) is 0 Å². The first-order valence-corrected chi connectivity index (χ1v) is 6.09. The third-order valence-electron chi connectivity index (χ3n) is 4.57. The van der Waals surface area contributed by atoms with Gasteiger partial charge in [-0.15, -0.1) is 0 Å². The van der Waals surface area contributed by atoms with Crippen molar-refractivity contribution in [2.24, 2.45) is 17.8 Å². The van der Waals surface area contributed by atoms with E-state index in [1.807, 2.05) is 0 Å². The lowest BCUT2D eigenvalue weighted by Crippen LogP contribution is -2.39. The van der Waals surface area contributed by atoms with Crippen molar-refractivity contribution in [3.8, 4) is 0 Å². The molecule has 4 heteroatoms. The Balaban J connectivity index is 2.20. The Morgan fingerprint density at radius 1 is 1.44 bits per heavy atom. The molecule has 6 atom stereocenters. The maximum Gasteiger partial charge on any atom is 0.103 e. The van der Waals surface area contributed by atoms with E-state index in [1.165, 1.54) is 0 Å². The van der Waals surface area contributed by atoms with Crippen molar-refractivity contribution in [3.05, 3.63) is 0 Å². The summed E-state index contributed by atoms with van der Waals surface area (Å²) in [6.45, 7) is 4.07. The van der Waals surface area contributed by atoms with Crippen LogP contribution < -0.4 is 0 Å². The van der Waals surface area contributed by atoms with Gasteiger partial charge in [-0.3, -0.25) is 0 Å². The molecule has 2 fully saturated rings. The fourth-order valence-electron chi connectivity index (χ4n) is 3.34. The molecule has 0 spiro atoms. The first-order chi connectivity index (χ1) is 7.51. The molecule has 94 valence electrons. The molecule has 1 aliphatic heterocycles. The standard InChI is InChI=1S/C12H22O4/c1-7-3-8(5-13)9-4-12(7,2)16-11(9)10(15)6-14/h7-11,13-15H,3-6H2,1-2H3/t7-,8+,9-,10+,11-,12+/m0/s1. The minimum Gasteiger partial charge on any atom is -0.396 e. The number of fused-ring (bicyclic) bond motifs is 2. The van der Waals surface area contributed by atoms with Crippen molar-refractivity contribution >= 4 is 0 Å². The van der Waals surface area contributed by atoms with E-state index in [1.54, 1.807) is 0 Å². The molecular weight excluding hydrogens is 208 g/mol. The predicted octanol–water partition coefficient (Wildman–Crippen LogP) is 0.152. The Hall–Kier alpha value is -0.160. The van der Waals surface area contributed by atoms with Crippen molar-refractivity contribution < 1.29 is 20.1 Å². The van der Waals surface area contributed by atoms with Crippen LogP contribution in [0.2, 0.25) is 0 Å². The van der Waals surface area contributed by atoms with E-state index >= 15 is 0 Å². The number of ether oxygens (including phenoxy) is 1. The smallest absolute Gasteiger partial charge is 0.103 e. The highest BCUT2D eigenvalue weighted by atomic mass is 16.5. The monoisotopic (exact) mass is 230 g/mol. The van der Waals surface area contributed by atoms with Gasteiger partial charge in [-0.05, 0) is 37.5 Å². The van der Waals surface area contributed by atoms with Gasteiger partial charge < -0.3 is 20.1 Å². The van der Waals surface area contributed by atoms with Gasteiger partial charge in [0.25, 0.3) is 0 Å². The van der Waals surface area contributed by atoms with E-state index in [9.17, 15) is 10.2 Å². The molecule has 1 saturated heterocycles. The first-order valence-electron chi connectivity index (χ1n) is 6.09. The predicted molar refractivity (Wildman–Crippen MR) is 58.8 cm³/mol. The SMILES string of the molecule is C[C@H]1C[C@H](CO)[C@@H]2C[C@@]1(C)O[C@@H]2[C@H](O)CO. The third-order valence-corrected chi connectivity index (χ3v) is 4.57. The number of aliphatic hydroxyl groups excluding tert-OH is 3. The van der Waals surface area contributed by atoms with Crippen LogP contribution in [-0.4, -0.2) is 46.3 Å². The number of hydrogen-bond donors (Lipinski definition) is 3. The summed E-state index contributed by atoms with van der Waals surface area (Å²) in [5, 5.41) is 28.2. The molecule has 2 aliphatic rings. The molecule has 0 aromatic heterocycles. The van der Waals surface area contributed by atoms with E-state index in [0.29, 0.717) is 5.92 Å². The van der Waals surface area contributed by atoms with Crippen LogP contribution in [-0.2, 0) is 4.74 Å². The van der Waals surface area contributed by atoms with E-state index in [0.717, 1.165) is 12.8 Å². The van der Waals surface area contributed by atoms with Crippen molar-refractivity contribution in [3.63, 3.8) is 0 Å². The molecule has 16 heavy (non-hydrogen) atoms. The second-order valence-corrected chi connectivity index (χ2v) is 5.59. The van der Waals surface area contributed by atoms with Gasteiger partial charge in [-0.25, -0.2) is 0 Å². The summed E-state index contributed by atoms with van der Waals surface area (Å²) in [6.07, 6.45) is 0.663. The topological polar surface area (TPSA) is 69.9 Å². The average molecular weight is 230 g/mol. The Bertz CT molecular complexity index is 257. The number of hydrogen-bond acceptors (Lipinski definition) is 4.